The van der Waals surface area contributed by atoms with Gasteiger partial charge in [-0.2, -0.15) is 0 Å². The summed E-state index contributed by atoms with van der Waals surface area (Å²) < 4.78 is 10.6. The summed E-state index contributed by atoms with van der Waals surface area (Å²) in [5, 5.41) is 0.706. The van der Waals surface area contributed by atoms with Gasteiger partial charge in [-0.1, -0.05) is 11.6 Å². The standard InChI is InChI=1S/C10H12ClNO2/c1-6-7(2-3-12)8(11)4-9-10(6)14-5-13-9/h4H,2-3,5,12H2,1H3. The zero-order chi connectivity index (χ0) is 10.1. The van der Waals surface area contributed by atoms with Crippen LogP contribution in [0.25, 0.3) is 0 Å². The second kappa shape index (κ2) is 3.67. The van der Waals surface area contributed by atoms with Crippen molar-refractivity contribution in [2.24, 2.45) is 5.73 Å². The van der Waals surface area contributed by atoms with Crippen LogP contribution in [-0.2, 0) is 6.42 Å². The third-order valence-corrected chi connectivity index (χ3v) is 2.71. The van der Waals surface area contributed by atoms with Crippen LogP contribution in [0.2, 0.25) is 5.02 Å². The van der Waals surface area contributed by atoms with E-state index in [4.69, 9.17) is 26.8 Å². The zero-order valence-electron chi connectivity index (χ0n) is 7.97. The molecule has 0 unspecified atom stereocenters. The predicted molar refractivity (Wildman–Crippen MR) is 55.1 cm³/mol. The van der Waals surface area contributed by atoms with Crippen LogP contribution in [0.5, 0.6) is 11.5 Å². The lowest BCUT2D eigenvalue weighted by molar-refractivity contribution is 0.173. The highest BCUT2D eigenvalue weighted by Crippen LogP contribution is 2.40. The Morgan fingerprint density at radius 2 is 2.29 bits per heavy atom. The van der Waals surface area contributed by atoms with Crippen molar-refractivity contribution in [3.63, 3.8) is 0 Å². The van der Waals surface area contributed by atoms with Gasteiger partial charge in [0.15, 0.2) is 11.5 Å². The largest absolute Gasteiger partial charge is 0.454 e. The zero-order valence-corrected chi connectivity index (χ0v) is 8.73. The molecular weight excluding hydrogens is 202 g/mol. The maximum Gasteiger partial charge on any atom is 0.231 e. The van der Waals surface area contributed by atoms with Crippen molar-refractivity contribution in [2.75, 3.05) is 13.3 Å². The van der Waals surface area contributed by atoms with Gasteiger partial charge in [-0.05, 0) is 31.0 Å². The molecule has 2 N–H and O–H groups in total. The summed E-state index contributed by atoms with van der Waals surface area (Å²) in [5.74, 6) is 1.53. The molecular formula is C10H12ClNO2. The van der Waals surface area contributed by atoms with Crippen molar-refractivity contribution in [3.05, 3.63) is 22.2 Å². The molecule has 14 heavy (non-hydrogen) atoms. The Kier molecular flexibility index (Phi) is 2.52. The normalized spacial score (nSPS) is 13.4. The van der Waals surface area contributed by atoms with Crippen LogP contribution in [0.3, 0.4) is 0 Å². The van der Waals surface area contributed by atoms with Gasteiger partial charge >= 0.3 is 0 Å². The van der Waals surface area contributed by atoms with Crippen LogP contribution in [-0.4, -0.2) is 13.3 Å². The minimum Gasteiger partial charge on any atom is -0.454 e. The Labute approximate surface area is 87.8 Å². The fourth-order valence-corrected chi connectivity index (χ4v) is 1.99. The molecule has 0 atom stereocenters. The first-order valence-electron chi connectivity index (χ1n) is 4.51. The molecule has 1 aromatic carbocycles. The summed E-state index contributed by atoms with van der Waals surface area (Å²) in [5.41, 5.74) is 7.60. The average Bonchev–Trinajstić information content (AvgIpc) is 2.60. The molecule has 0 saturated heterocycles. The molecule has 1 aliphatic rings. The van der Waals surface area contributed by atoms with E-state index in [2.05, 4.69) is 0 Å². The molecule has 0 amide bonds. The lowest BCUT2D eigenvalue weighted by Crippen LogP contribution is -2.05. The topological polar surface area (TPSA) is 44.5 Å². The van der Waals surface area contributed by atoms with Crippen molar-refractivity contribution in [3.8, 4) is 11.5 Å². The first-order chi connectivity index (χ1) is 6.74. The van der Waals surface area contributed by atoms with Crippen LogP contribution < -0.4 is 15.2 Å². The molecule has 2 rings (SSSR count). The Balaban J connectivity index is 2.51. The SMILES string of the molecule is Cc1c(CCN)c(Cl)cc2c1OCO2. The van der Waals surface area contributed by atoms with E-state index in [-0.39, 0.29) is 6.79 Å². The van der Waals surface area contributed by atoms with E-state index in [0.717, 1.165) is 29.0 Å². The van der Waals surface area contributed by atoms with Gasteiger partial charge in [-0.25, -0.2) is 0 Å². The van der Waals surface area contributed by atoms with Crippen molar-refractivity contribution < 1.29 is 9.47 Å². The number of ether oxygens (including phenoxy) is 2. The summed E-state index contributed by atoms with van der Waals surface area (Å²) in [6.07, 6.45) is 0.765. The average molecular weight is 214 g/mol. The van der Waals surface area contributed by atoms with Crippen molar-refractivity contribution in [1.82, 2.24) is 0 Å². The van der Waals surface area contributed by atoms with Crippen molar-refractivity contribution in [2.45, 2.75) is 13.3 Å². The lowest BCUT2D eigenvalue weighted by Gasteiger charge is -2.09. The highest BCUT2D eigenvalue weighted by molar-refractivity contribution is 6.31. The van der Waals surface area contributed by atoms with Crippen LogP contribution in [0.1, 0.15) is 11.1 Å². The minimum absolute atomic E-state index is 0.276. The third-order valence-electron chi connectivity index (χ3n) is 2.38. The molecule has 0 bridgehead atoms. The third kappa shape index (κ3) is 1.42. The molecule has 1 aliphatic heterocycles. The van der Waals surface area contributed by atoms with E-state index >= 15 is 0 Å². The molecule has 0 fully saturated rings. The number of hydrogen-bond acceptors (Lipinski definition) is 3. The van der Waals surface area contributed by atoms with Gasteiger partial charge in [0.25, 0.3) is 0 Å². The summed E-state index contributed by atoms with van der Waals surface area (Å²) >= 11 is 6.10. The van der Waals surface area contributed by atoms with E-state index < -0.39 is 0 Å². The van der Waals surface area contributed by atoms with E-state index in [1.807, 2.05) is 6.92 Å². The van der Waals surface area contributed by atoms with Crippen LogP contribution in [0.4, 0.5) is 0 Å². The fraction of sp³-hybridized carbons (Fsp3) is 0.400. The summed E-state index contributed by atoms with van der Waals surface area (Å²) in [6, 6.07) is 1.79. The second-order valence-corrected chi connectivity index (χ2v) is 3.64. The summed E-state index contributed by atoms with van der Waals surface area (Å²) in [6.45, 7) is 2.84. The molecule has 3 nitrogen and oxygen atoms in total. The van der Waals surface area contributed by atoms with E-state index in [0.29, 0.717) is 11.6 Å². The minimum atomic E-state index is 0.276. The van der Waals surface area contributed by atoms with Gasteiger partial charge in [0.05, 0.1) is 0 Å². The Bertz CT molecular complexity index is 366. The molecule has 0 radical (unpaired) electrons. The number of halogens is 1. The van der Waals surface area contributed by atoms with Gasteiger partial charge < -0.3 is 15.2 Å². The van der Waals surface area contributed by atoms with Crippen molar-refractivity contribution in [1.29, 1.82) is 0 Å². The quantitative estimate of drug-likeness (QED) is 0.816. The highest BCUT2D eigenvalue weighted by atomic mass is 35.5. The first kappa shape index (κ1) is 9.62. The summed E-state index contributed by atoms with van der Waals surface area (Å²) in [7, 11) is 0. The maximum atomic E-state index is 6.10. The predicted octanol–water partition coefficient (Wildman–Crippen LogP) is 1.88. The Hall–Kier alpha value is -0.930. The van der Waals surface area contributed by atoms with Gasteiger partial charge in [-0.15, -0.1) is 0 Å². The van der Waals surface area contributed by atoms with Crippen LogP contribution >= 0.6 is 11.6 Å². The lowest BCUT2D eigenvalue weighted by atomic mass is 10.0. The number of rotatable bonds is 2. The summed E-state index contributed by atoms with van der Waals surface area (Å²) in [4.78, 5) is 0. The number of fused-ring (bicyclic) bond motifs is 1. The molecule has 4 heteroatoms. The molecule has 0 aromatic heterocycles. The van der Waals surface area contributed by atoms with Crippen molar-refractivity contribution >= 4 is 11.6 Å². The first-order valence-corrected chi connectivity index (χ1v) is 4.89. The Morgan fingerprint density at radius 3 is 3.00 bits per heavy atom. The molecule has 76 valence electrons. The van der Waals surface area contributed by atoms with Gasteiger partial charge in [0.1, 0.15) is 0 Å². The number of benzene rings is 1. The van der Waals surface area contributed by atoms with E-state index in [1.165, 1.54) is 0 Å². The van der Waals surface area contributed by atoms with E-state index in [1.54, 1.807) is 6.07 Å². The highest BCUT2D eigenvalue weighted by Gasteiger charge is 2.20. The Morgan fingerprint density at radius 1 is 1.50 bits per heavy atom. The van der Waals surface area contributed by atoms with Crippen LogP contribution in [0, 0.1) is 6.92 Å². The van der Waals surface area contributed by atoms with Gasteiger partial charge in [0, 0.05) is 11.1 Å². The molecule has 1 aromatic rings. The molecule has 1 heterocycles. The number of hydrogen-bond donors (Lipinski definition) is 1. The molecule has 0 saturated carbocycles. The van der Waals surface area contributed by atoms with Gasteiger partial charge in [0.2, 0.25) is 6.79 Å². The van der Waals surface area contributed by atoms with E-state index in [9.17, 15) is 0 Å². The molecule has 0 aliphatic carbocycles. The smallest absolute Gasteiger partial charge is 0.231 e. The molecule has 0 spiro atoms. The fourth-order valence-electron chi connectivity index (χ4n) is 1.66. The van der Waals surface area contributed by atoms with Crippen LogP contribution in [0.15, 0.2) is 6.07 Å². The number of nitrogens with two attached hydrogens (primary N) is 1. The maximum absolute atomic E-state index is 6.10. The second-order valence-electron chi connectivity index (χ2n) is 3.23. The monoisotopic (exact) mass is 213 g/mol. The van der Waals surface area contributed by atoms with Gasteiger partial charge in [-0.3, -0.25) is 0 Å².